The van der Waals surface area contributed by atoms with Crippen molar-refractivity contribution >= 4 is 6.09 Å². The van der Waals surface area contributed by atoms with Crippen molar-refractivity contribution < 1.29 is 14.6 Å². The number of carbonyl (C=O) groups is 1. The zero-order chi connectivity index (χ0) is 17.3. The number of nitrogens with zero attached hydrogens (tertiary/aromatic N) is 1. The van der Waals surface area contributed by atoms with Crippen molar-refractivity contribution in [3.8, 4) is 0 Å². The van der Waals surface area contributed by atoms with Gasteiger partial charge in [0.2, 0.25) is 0 Å². The SMILES string of the molecule is CCCC(CCO)CNCC1CCCN(C(=O)OC(C)(C)C)C1. The number of ether oxygens (including phenoxy) is 1. The predicted molar refractivity (Wildman–Crippen MR) is 93.5 cm³/mol. The minimum Gasteiger partial charge on any atom is -0.444 e. The molecule has 2 atom stereocenters. The quantitative estimate of drug-likeness (QED) is 0.719. The lowest BCUT2D eigenvalue weighted by atomic mass is 9.97. The zero-order valence-electron chi connectivity index (χ0n) is 15.4. The van der Waals surface area contributed by atoms with E-state index in [2.05, 4.69) is 12.2 Å². The van der Waals surface area contributed by atoms with E-state index in [0.29, 0.717) is 11.8 Å². The highest BCUT2D eigenvalue weighted by atomic mass is 16.6. The zero-order valence-corrected chi connectivity index (χ0v) is 15.4. The number of aliphatic hydroxyl groups is 1. The van der Waals surface area contributed by atoms with Crippen molar-refractivity contribution in [3.63, 3.8) is 0 Å². The maximum Gasteiger partial charge on any atom is 0.410 e. The number of hydrogen-bond donors (Lipinski definition) is 2. The van der Waals surface area contributed by atoms with Crippen LogP contribution in [0, 0.1) is 11.8 Å². The van der Waals surface area contributed by atoms with Gasteiger partial charge in [-0.15, -0.1) is 0 Å². The molecule has 0 spiro atoms. The molecule has 0 bridgehead atoms. The standard InChI is InChI=1S/C18H36N2O3/c1-5-7-15(9-11-21)12-19-13-16-8-6-10-20(14-16)17(22)23-18(2,3)4/h15-16,19,21H,5-14H2,1-4H3. The van der Waals surface area contributed by atoms with E-state index >= 15 is 0 Å². The molecule has 0 saturated carbocycles. The minimum atomic E-state index is -0.431. The highest BCUT2D eigenvalue weighted by Crippen LogP contribution is 2.19. The Kier molecular flexibility index (Phi) is 8.92. The molecule has 0 aliphatic carbocycles. The van der Waals surface area contributed by atoms with Gasteiger partial charge in [-0.25, -0.2) is 4.79 Å². The molecule has 5 nitrogen and oxygen atoms in total. The van der Waals surface area contributed by atoms with E-state index in [9.17, 15) is 4.79 Å². The van der Waals surface area contributed by atoms with Gasteiger partial charge in [-0.05, 0) is 71.4 Å². The number of piperidine rings is 1. The normalized spacial score (nSPS) is 20.4. The van der Waals surface area contributed by atoms with E-state index in [-0.39, 0.29) is 12.7 Å². The molecular formula is C18H36N2O3. The molecule has 1 aliphatic heterocycles. The van der Waals surface area contributed by atoms with Crippen LogP contribution in [0.15, 0.2) is 0 Å². The second-order valence-corrected chi connectivity index (χ2v) is 7.76. The fourth-order valence-corrected chi connectivity index (χ4v) is 3.15. The second-order valence-electron chi connectivity index (χ2n) is 7.76. The highest BCUT2D eigenvalue weighted by Gasteiger charge is 2.27. The first-order chi connectivity index (χ1) is 10.9. The lowest BCUT2D eigenvalue weighted by Crippen LogP contribution is -2.45. The molecule has 2 N–H and O–H groups in total. The Morgan fingerprint density at radius 1 is 1.39 bits per heavy atom. The van der Waals surface area contributed by atoms with E-state index in [4.69, 9.17) is 9.84 Å². The molecule has 1 amide bonds. The Bertz CT molecular complexity index is 336. The Balaban J connectivity index is 2.33. The first-order valence-corrected chi connectivity index (χ1v) is 9.15. The molecule has 1 heterocycles. The number of hydrogen-bond acceptors (Lipinski definition) is 4. The molecule has 23 heavy (non-hydrogen) atoms. The van der Waals surface area contributed by atoms with Crippen LogP contribution in [0.4, 0.5) is 4.79 Å². The van der Waals surface area contributed by atoms with Gasteiger partial charge >= 0.3 is 6.09 Å². The topological polar surface area (TPSA) is 61.8 Å². The third-order valence-electron chi connectivity index (χ3n) is 4.27. The third-order valence-corrected chi connectivity index (χ3v) is 4.27. The number of aliphatic hydroxyl groups excluding tert-OH is 1. The number of rotatable bonds is 8. The van der Waals surface area contributed by atoms with E-state index < -0.39 is 5.60 Å². The van der Waals surface area contributed by atoms with Gasteiger partial charge in [0.15, 0.2) is 0 Å². The summed E-state index contributed by atoms with van der Waals surface area (Å²) >= 11 is 0. The first-order valence-electron chi connectivity index (χ1n) is 9.15. The van der Waals surface area contributed by atoms with Gasteiger partial charge < -0.3 is 20.1 Å². The fraction of sp³-hybridized carbons (Fsp3) is 0.944. The second kappa shape index (κ2) is 10.1. The molecule has 0 radical (unpaired) electrons. The molecule has 1 rings (SSSR count). The Hall–Kier alpha value is -0.810. The third kappa shape index (κ3) is 8.56. The average Bonchev–Trinajstić information content (AvgIpc) is 2.46. The van der Waals surface area contributed by atoms with Gasteiger partial charge in [-0.1, -0.05) is 13.3 Å². The molecule has 1 fully saturated rings. The minimum absolute atomic E-state index is 0.189. The Morgan fingerprint density at radius 3 is 2.74 bits per heavy atom. The maximum atomic E-state index is 12.2. The molecular weight excluding hydrogens is 292 g/mol. The first kappa shape index (κ1) is 20.2. The monoisotopic (exact) mass is 328 g/mol. The molecule has 0 aromatic rings. The number of carbonyl (C=O) groups excluding carboxylic acids is 1. The number of likely N-dealkylation sites (tertiary alicyclic amines) is 1. The van der Waals surface area contributed by atoms with Crippen molar-refractivity contribution in [3.05, 3.63) is 0 Å². The van der Waals surface area contributed by atoms with Gasteiger partial charge in [-0.2, -0.15) is 0 Å². The van der Waals surface area contributed by atoms with Gasteiger partial charge in [0.25, 0.3) is 0 Å². The lowest BCUT2D eigenvalue weighted by Gasteiger charge is -2.34. The molecule has 0 aromatic carbocycles. The Labute approximate surface area is 141 Å². The summed E-state index contributed by atoms with van der Waals surface area (Å²) in [6.07, 6.45) is 5.19. The van der Waals surface area contributed by atoms with Crippen LogP contribution in [0.3, 0.4) is 0 Å². The van der Waals surface area contributed by atoms with Crippen LogP contribution in [0.25, 0.3) is 0 Å². The van der Waals surface area contributed by atoms with Crippen molar-refractivity contribution in [1.82, 2.24) is 10.2 Å². The van der Waals surface area contributed by atoms with Crippen molar-refractivity contribution in [2.45, 2.75) is 65.4 Å². The Morgan fingerprint density at radius 2 is 2.13 bits per heavy atom. The molecule has 5 heteroatoms. The van der Waals surface area contributed by atoms with Gasteiger partial charge in [0, 0.05) is 19.7 Å². The van der Waals surface area contributed by atoms with Gasteiger partial charge in [0.05, 0.1) is 0 Å². The van der Waals surface area contributed by atoms with E-state index in [1.807, 2.05) is 25.7 Å². The van der Waals surface area contributed by atoms with Crippen LogP contribution in [0.2, 0.25) is 0 Å². The maximum absolute atomic E-state index is 12.2. The summed E-state index contributed by atoms with van der Waals surface area (Å²) in [5.41, 5.74) is -0.431. The number of amides is 1. The summed E-state index contributed by atoms with van der Waals surface area (Å²) < 4.78 is 5.47. The molecule has 136 valence electrons. The predicted octanol–water partition coefficient (Wildman–Crippen LogP) is 3.02. The summed E-state index contributed by atoms with van der Waals surface area (Å²) in [5, 5.41) is 12.7. The van der Waals surface area contributed by atoms with Crippen LogP contribution in [0.1, 0.15) is 59.8 Å². The molecule has 2 unspecified atom stereocenters. The molecule has 1 aliphatic rings. The van der Waals surface area contributed by atoms with Crippen LogP contribution >= 0.6 is 0 Å². The summed E-state index contributed by atoms with van der Waals surface area (Å²) in [5.74, 6) is 1.04. The lowest BCUT2D eigenvalue weighted by molar-refractivity contribution is 0.0166. The van der Waals surface area contributed by atoms with Crippen molar-refractivity contribution in [2.75, 3.05) is 32.8 Å². The van der Waals surface area contributed by atoms with Crippen LogP contribution in [-0.2, 0) is 4.74 Å². The molecule has 1 saturated heterocycles. The smallest absolute Gasteiger partial charge is 0.410 e. The summed E-state index contributed by atoms with van der Waals surface area (Å²) in [4.78, 5) is 14.0. The van der Waals surface area contributed by atoms with Crippen LogP contribution < -0.4 is 5.32 Å². The summed E-state index contributed by atoms with van der Waals surface area (Å²) in [6.45, 7) is 11.6. The van der Waals surface area contributed by atoms with E-state index in [0.717, 1.165) is 58.3 Å². The largest absolute Gasteiger partial charge is 0.444 e. The summed E-state index contributed by atoms with van der Waals surface area (Å²) in [7, 11) is 0. The fourth-order valence-electron chi connectivity index (χ4n) is 3.15. The van der Waals surface area contributed by atoms with E-state index in [1.54, 1.807) is 0 Å². The van der Waals surface area contributed by atoms with Crippen LogP contribution in [0.5, 0.6) is 0 Å². The average molecular weight is 328 g/mol. The van der Waals surface area contributed by atoms with Crippen LogP contribution in [-0.4, -0.2) is 54.5 Å². The van der Waals surface area contributed by atoms with Gasteiger partial charge in [-0.3, -0.25) is 0 Å². The highest BCUT2D eigenvalue weighted by molar-refractivity contribution is 5.68. The van der Waals surface area contributed by atoms with E-state index in [1.165, 1.54) is 0 Å². The van der Waals surface area contributed by atoms with Crippen molar-refractivity contribution in [1.29, 1.82) is 0 Å². The van der Waals surface area contributed by atoms with Crippen molar-refractivity contribution in [2.24, 2.45) is 11.8 Å². The number of nitrogens with one attached hydrogen (secondary N) is 1. The van der Waals surface area contributed by atoms with Gasteiger partial charge in [0.1, 0.15) is 5.60 Å². The summed E-state index contributed by atoms with van der Waals surface area (Å²) in [6, 6.07) is 0. The molecule has 0 aromatic heterocycles.